The molecule has 0 aromatic heterocycles. The van der Waals surface area contributed by atoms with E-state index in [1.165, 1.54) is 14.2 Å². The van der Waals surface area contributed by atoms with Gasteiger partial charge in [0.05, 0.1) is 24.9 Å². The average Bonchev–Trinajstić information content (AvgIpc) is 2.57. The first-order valence-corrected chi connectivity index (χ1v) is 7.53. The van der Waals surface area contributed by atoms with Crippen LogP contribution in [0.3, 0.4) is 0 Å². The molecule has 5 nitrogen and oxygen atoms in total. The summed E-state index contributed by atoms with van der Waals surface area (Å²) in [7, 11) is 3.03. The van der Waals surface area contributed by atoms with E-state index in [0.717, 1.165) is 5.69 Å². The van der Waals surface area contributed by atoms with Crippen molar-refractivity contribution in [2.24, 2.45) is 0 Å². The lowest BCUT2D eigenvalue weighted by Crippen LogP contribution is -2.34. The van der Waals surface area contributed by atoms with Gasteiger partial charge in [-0.05, 0) is 19.1 Å². The molecule has 2 aromatic rings. The summed E-state index contributed by atoms with van der Waals surface area (Å²) in [6.07, 6.45) is 0. The fourth-order valence-electron chi connectivity index (χ4n) is 2.19. The molecule has 0 radical (unpaired) electrons. The number of rotatable bonds is 5. The van der Waals surface area contributed by atoms with Crippen molar-refractivity contribution in [1.29, 1.82) is 0 Å². The summed E-state index contributed by atoms with van der Waals surface area (Å²) in [6.45, 7) is 2.44. The maximum Gasteiger partial charge on any atom is 0.326 e. The first-order valence-electron chi connectivity index (χ1n) is 7.15. The SMILES string of the molecule is CCN(C(=O)Nc1cc(OC)c(Cl)cc1OC)c1ccccc1. The van der Waals surface area contributed by atoms with Crippen molar-refractivity contribution >= 4 is 29.0 Å². The van der Waals surface area contributed by atoms with Crippen LogP contribution in [0.4, 0.5) is 16.2 Å². The Bertz CT molecular complexity index is 677. The second kappa shape index (κ2) is 7.74. The second-order valence-electron chi connectivity index (χ2n) is 4.70. The molecule has 0 aliphatic heterocycles. The van der Waals surface area contributed by atoms with Crippen LogP contribution in [0.1, 0.15) is 6.92 Å². The summed E-state index contributed by atoms with van der Waals surface area (Å²) in [6, 6.07) is 12.4. The van der Waals surface area contributed by atoms with E-state index in [1.54, 1.807) is 17.0 Å². The smallest absolute Gasteiger partial charge is 0.326 e. The number of nitrogens with zero attached hydrogens (tertiary/aromatic N) is 1. The third-order valence-corrected chi connectivity index (χ3v) is 3.64. The predicted molar refractivity (Wildman–Crippen MR) is 93.0 cm³/mol. The number of ether oxygens (including phenoxy) is 2. The molecule has 2 rings (SSSR count). The number of nitrogens with one attached hydrogen (secondary N) is 1. The van der Waals surface area contributed by atoms with Crippen LogP contribution in [0.15, 0.2) is 42.5 Å². The highest BCUT2D eigenvalue weighted by atomic mass is 35.5. The van der Waals surface area contributed by atoms with Crippen LogP contribution in [0.25, 0.3) is 0 Å². The number of methoxy groups -OCH3 is 2. The summed E-state index contributed by atoms with van der Waals surface area (Å²) in [5.74, 6) is 0.929. The lowest BCUT2D eigenvalue weighted by molar-refractivity contribution is 0.257. The van der Waals surface area contributed by atoms with E-state index < -0.39 is 0 Å². The zero-order valence-electron chi connectivity index (χ0n) is 13.3. The minimum absolute atomic E-state index is 0.263. The Hall–Kier alpha value is -2.40. The number of anilines is 2. The van der Waals surface area contributed by atoms with Crippen LogP contribution >= 0.6 is 11.6 Å². The average molecular weight is 335 g/mol. The number of halogens is 1. The van der Waals surface area contributed by atoms with Crippen molar-refractivity contribution in [1.82, 2.24) is 0 Å². The van der Waals surface area contributed by atoms with E-state index in [0.29, 0.717) is 28.8 Å². The quantitative estimate of drug-likeness (QED) is 0.880. The Kier molecular flexibility index (Phi) is 5.71. The van der Waals surface area contributed by atoms with Gasteiger partial charge in [0.1, 0.15) is 11.5 Å². The fraction of sp³-hybridized carbons (Fsp3) is 0.235. The van der Waals surface area contributed by atoms with Crippen LogP contribution in [0.5, 0.6) is 11.5 Å². The molecule has 0 atom stereocenters. The van der Waals surface area contributed by atoms with Gasteiger partial charge in [0.15, 0.2) is 0 Å². The summed E-state index contributed by atoms with van der Waals surface area (Å²) in [5.41, 5.74) is 1.31. The molecule has 0 unspecified atom stereocenters. The lowest BCUT2D eigenvalue weighted by atomic mass is 10.2. The number of amides is 2. The summed E-state index contributed by atoms with van der Waals surface area (Å²) in [4.78, 5) is 14.2. The van der Waals surface area contributed by atoms with Crippen molar-refractivity contribution in [3.63, 3.8) is 0 Å². The lowest BCUT2D eigenvalue weighted by Gasteiger charge is -2.22. The number of urea groups is 1. The molecule has 0 spiro atoms. The monoisotopic (exact) mass is 334 g/mol. The first-order chi connectivity index (χ1) is 11.1. The molecular weight excluding hydrogens is 316 g/mol. The van der Waals surface area contributed by atoms with Crippen molar-refractivity contribution in [3.05, 3.63) is 47.5 Å². The molecule has 6 heteroatoms. The Morgan fingerprint density at radius 3 is 2.35 bits per heavy atom. The fourth-order valence-corrected chi connectivity index (χ4v) is 2.42. The van der Waals surface area contributed by atoms with E-state index in [2.05, 4.69) is 5.32 Å². The minimum atomic E-state index is -0.263. The Balaban J connectivity index is 2.28. The van der Waals surface area contributed by atoms with Gasteiger partial charge in [0.25, 0.3) is 0 Å². The van der Waals surface area contributed by atoms with Crippen molar-refractivity contribution < 1.29 is 14.3 Å². The molecule has 0 aliphatic carbocycles. The van der Waals surface area contributed by atoms with Gasteiger partial charge in [0.2, 0.25) is 0 Å². The van der Waals surface area contributed by atoms with E-state index in [4.69, 9.17) is 21.1 Å². The van der Waals surface area contributed by atoms with E-state index >= 15 is 0 Å². The predicted octanol–water partition coefficient (Wildman–Crippen LogP) is 4.42. The number of hydrogen-bond donors (Lipinski definition) is 1. The van der Waals surface area contributed by atoms with Crippen LogP contribution in [0.2, 0.25) is 5.02 Å². The van der Waals surface area contributed by atoms with Gasteiger partial charge in [-0.15, -0.1) is 0 Å². The molecular formula is C17H19ClN2O3. The Morgan fingerprint density at radius 2 is 1.78 bits per heavy atom. The van der Waals surface area contributed by atoms with Crippen LogP contribution in [0, 0.1) is 0 Å². The molecule has 1 N–H and O–H groups in total. The largest absolute Gasteiger partial charge is 0.495 e. The molecule has 2 amide bonds. The van der Waals surface area contributed by atoms with Gasteiger partial charge in [0, 0.05) is 24.4 Å². The molecule has 0 heterocycles. The third-order valence-electron chi connectivity index (χ3n) is 3.34. The van der Waals surface area contributed by atoms with Crippen LogP contribution < -0.4 is 19.7 Å². The summed E-state index contributed by atoms with van der Waals surface area (Å²) in [5, 5.41) is 3.25. The first kappa shape index (κ1) is 17.0. The van der Waals surface area contributed by atoms with Gasteiger partial charge >= 0.3 is 6.03 Å². The van der Waals surface area contributed by atoms with Crippen molar-refractivity contribution in [2.75, 3.05) is 31.0 Å². The number of hydrogen-bond acceptors (Lipinski definition) is 3. The zero-order chi connectivity index (χ0) is 16.8. The number of carbonyl (C=O) groups is 1. The highest BCUT2D eigenvalue weighted by Crippen LogP contribution is 2.36. The van der Waals surface area contributed by atoms with Crippen molar-refractivity contribution in [2.45, 2.75) is 6.92 Å². The molecule has 0 fully saturated rings. The highest BCUT2D eigenvalue weighted by molar-refractivity contribution is 6.32. The third kappa shape index (κ3) is 3.87. The number of carbonyl (C=O) groups excluding carboxylic acids is 1. The van der Waals surface area contributed by atoms with Gasteiger partial charge < -0.3 is 14.8 Å². The summed E-state index contributed by atoms with van der Waals surface area (Å²) >= 11 is 6.07. The maximum absolute atomic E-state index is 12.6. The standard InChI is InChI=1S/C17H19ClN2O3/c1-4-20(12-8-6-5-7-9-12)17(21)19-14-11-15(22-2)13(18)10-16(14)23-3/h5-11H,4H2,1-3H3,(H,19,21). The van der Waals surface area contributed by atoms with Crippen molar-refractivity contribution in [3.8, 4) is 11.5 Å². The van der Waals surface area contributed by atoms with E-state index in [-0.39, 0.29) is 6.03 Å². The molecule has 2 aromatic carbocycles. The number of benzene rings is 2. The van der Waals surface area contributed by atoms with E-state index in [1.807, 2.05) is 37.3 Å². The Labute approximate surface area is 140 Å². The van der Waals surface area contributed by atoms with Gasteiger partial charge in [-0.25, -0.2) is 4.79 Å². The molecule has 23 heavy (non-hydrogen) atoms. The molecule has 122 valence electrons. The van der Waals surface area contributed by atoms with Crippen LogP contribution in [-0.2, 0) is 0 Å². The highest BCUT2D eigenvalue weighted by Gasteiger charge is 2.17. The van der Waals surface area contributed by atoms with Gasteiger partial charge in [-0.1, -0.05) is 29.8 Å². The molecule has 0 bridgehead atoms. The molecule has 0 saturated heterocycles. The molecule has 0 saturated carbocycles. The van der Waals surface area contributed by atoms with E-state index in [9.17, 15) is 4.79 Å². The second-order valence-corrected chi connectivity index (χ2v) is 5.10. The number of para-hydroxylation sites is 1. The summed E-state index contributed by atoms with van der Waals surface area (Å²) < 4.78 is 10.5. The van der Waals surface area contributed by atoms with Gasteiger partial charge in [-0.3, -0.25) is 4.90 Å². The normalized spacial score (nSPS) is 10.1. The van der Waals surface area contributed by atoms with Crippen LogP contribution in [-0.4, -0.2) is 26.8 Å². The Morgan fingerprint density at radius 1 is 1.13 bits per heavy atom. The topological polar surface area (TPSA) is 50.8 Å². The maximum atomic E-state index is 12.6. The minimum Gasteiger partial charge on any atom is -0.495 e. The molecule has 0 aliphatic rings. The zero-order valence-corrected chi connectivity index (χ0v) is 14.1. The van der Waals surface area contributed by atoms with Gasteiger partial charge in [-0.2, -0.15) is 0 Å².